The molecule has 1 unspecified atom stereocenters. The molecule has 3 aromatic rings. The van der Waals surface area contributed by atoms with Crippen molar-refractivity contribution < 1.29 is 22.7 Å². The van der Waals surface area contributed by atoms with Crippen LogP contribution >= 0.6 is 27.5 Å². The third-order valence-electron chi connectivity index (χ3n) is 6.10. The third-order valence-corrected chi connectivity index (χ3v) is 8.65. The number of rotatable bonds is 13. The molecule has 0 fully saturated rings. The molecule has 0 aliphatic heterocycles. The fourth-order valence-corrected chi connectivity index (χ4v) is 5.77. The molecule has 214 valence electrons. The van der Waals surface area contributed by atoms with Gasteiger partial charge in [-0.25, -0.2) is 8.42 Å². The zero-order chi connectivity index (χ0) is 29.3. The highest BCUT2D eigenvalue weighted by Gasteiger charge is 2.33. The number of nitrogens with one attached hydrogen (secondary N) is 1. The predicted molar refractivity (Wildman–Crippen MR) is 161 cm³/mol. The van der Waals surface area contributed by atoms with Crippen molar-refractivity contribution in [1.29, 1.82) is 0 Å². The molecule has 0 aliphatic rings. The normalized spacial score (nSPS) is 11.9. The van der Waals surface area contributed by atoms with Gasteiger partial charge in [0.1, 0.15) is 18.3 Å². The Morgan fingerprint density at radius 3 is 2.27 bits per heavy atom. The van der Waals surface area contributed by atoms with Crippen LogP contribution in [0, 0.1) is 0 Å². The van der Waals surface area contributed by atoms with E-state index in [1.54, 1.807) is 38.1 Å². The first-order valence-corrected chi connectivity index (χ1v) is 15.5. The lowest BCUT2D eigenvalue weighted by molar-refractivity contribution is -0.139. The number of anilines is 1. The molecule has 0 aromatic heterocycles. The van der Waals surface area contributed by atoms with E-state index < -0.39 is 28.5 Å². The molecule has 0 aliphatic carbocycles. The molecule has 0 saturated carbocycles. The van der Waals surface area contributed by atoms with Gasteiger partial charge >= 0.3 is 0 Å². The van der Waals surface area contributed by atoms with Gasteiger partial charge in [0.25, 0.3) is 10.0 Å². The first-order valence-electron chi connectivity index (χ1n) is 12.9. The van der Waals surface area contributed by atoms with Gasteiger partial charge in [-0.3, -0.25) is 13.9 Å². The van der Waals surface area contributed by atoms with Crippen LogP contribution in [-0.2, 0) is 26.2 Å². The summed E-state index contributed by atoms with van der Waals surface area (Å²) in [6, 6.07) is 18.9. The maximum absolute atomic E-state index is 14.0. The van der Waals surface area contributed by atoms with E-state index in [0.29, 0.717) is 23.9 Å². The molecule has 3 aromatic carbocycles. The van der Waals surface area contributed by atoms with Crippen LogP contribution in [0.25, 0.3) is 0 Å². The van der Waals surface area contributed by atoms with Crippen molar-refractivity contribution >= 4 is 55.1 Å². The average Bonchev–Trinajstić information content (AvgIpc) is 2.94. The smallest absolute Gasteiger partial charge is 0.264 e. The van der Waals surface area contributed by atoms with Gasteiger partial charge in [-0.2, -0.15) is 0 Å². The van der Waals surface area contributed by atoms with E-state index in [2.05, 4.69) is 21.2 Å². The second-order valence-corrected chi connectivity index (χ2v) is 12.2. The van der Waals surface area contributed by atoms with Crippen LogP contribution in [0.5, 0.6) is 5.75 Å². The average molecular weight is 651 g/mol. The standard InChI is InChI=1S/C29H33BrClN3O5S/c1-4-18-32-29(36)21(3)33(19-22-10-12-23(30)13-11-22)28(35)20-34(26-8-6-7-9-27(26)39-5-2)40(37,38)25-16-14-24(31)15-17-25/h6-17,21H,4-5,18-20H2,1-3H3,(H,32,36). The van der Waals surface area contributed by atoms with Crippen molar-refractivity contribution in [2.45, 2.75) is 44.7 Å². The molecule has 11 heteroatoms. The van der Waals surface area contributed by atoms with Crippen LogP contribution in [0.4, 0.5) is 5.69 Å². The van der Waals surface area contributed by atoms with Crippen molar-refractivity contribution in [2.75, 3.05) is 24.0 Å². The fourth-order valence-electron chi connectivity index (χ4n) is 3.95. The van der Waals surface area contributed by atoms with Crippen LogP contribution in [0.2, 0.25) is 5.02 Å². The van der Waals surface area contributed by atoms with Crippen LogP contribution in [-0.4, -0.2) is 50.9 Å². The highest BCUT2D eigenvalue weighted by Crippen LogP contribution is 2.33. The molecule has 40 heavy (non-hydrogen) atoms. The van der Waals surface area contributed by atoms with Crippen molar-refractivity contribution in [2.24, 2.45) is 0 Å². The van der Waals surface area contributed by atoms with Gasteiger partial charge < -0.3 is 15.0 Å². The summed E-state index contributed by atoms with van der Waals surface area (Å²) in [5, 5.41) is 3.21. The molecule has 3 rings (SSSR count). The second kappa shape index (κ2) is 14.5. The van der Waals surface area contributed by atoms with Crippen LogP contribution in [0.3, 0.4) is 0 Å². The Morgan fingerprint density at radius 1 is 1.00 bits per heavy atom. The minimum atomic E-state index is -4.24. The molecule has 0 radical (unpaired) electrons. The van der Waals surface area contributed by atoms with Gasteiger partial charge in [0.15, 0.2) is 0 Å². The maximum Gasteiger partial charge on any atom is 0.264 e. The predicted octanol–water partition coefficient (Wildman–Crippen LogP) is 5.64. The summed E-state index contributed by atoms with van der Waals surface area (Å²) < 4.78 is 35.6. The van der Waals surface area contributed by atoms with Gasteiger partial charge in [0, 0.05) is 22.6 Å². The molecule has 2 amide bonds. The Morgan fingerprint density at radius 2 is 1.65 bits per heavy atom. The minimum absolute atomic E-state index is 0.0378. The van der Waals surface area contributed by atoms with Gasteiger partial charge in [-0.1, -0.05) is 58.7 Å². The first-order chi connectivity index (χ1) is 19.1. The summed E-state index contributed by atoms with van der Waals surface area (Å²) in [6.45, 7) is 5.66. The van der Waals surface area contributed by atoms with Gasteiger partial charge in [0.05, 0.1) is 17.2 Å². The molecular weight excluding hydrogens is 618 g/mol. The van der Waals surface area contributed by atoms with Crippen molar-refractivity contribution in [3.63, 3.8) is 0 Å². The van der Waals surface area contributed by atoms with E-state index in [0.717, 1.165) is 20.8 Å². The number of carbonyl (C=O) groups excluding carboxylic acids is 2. The molecular formula is C29H33BrClN3O5S. The fraction of sp³-hybridized carbons (Fsp3) is 0.310. The highest BCUT2D eigenvalue weighted by atomic mass is 79.9. The summed E-state index contributed by atoms with van der Waals surface area (Å²) in [5.41, 5.74) is 0.993. The number of halogens is 2. The van der Waals surface area contributed by atoms with Gasteiger partial charge in [-0.15, -0.1) is 0 Å². The number of para-hydroxylation sites is 2. The quantitative estimate of drug-likeness (QED) is 0.258. The van der Waals surface area contributed by atoms with E-state index in [1.807, 2.05) is 31.2 Å². The SMILES string of the molecule is CCCNC(=O)C(C)N(Cc1ccc(Br)cc1)C(=O)CN(c1ccccc1OCC)S(=O)(=O)c1ccc(Cl)cc1. The van der Waals surface area contributed by atoms with E-state index in [9.17, 15) is 18.0 Å². The topological polar surface area (TPSA) is 96.0 Å². The van der Waals surface area contributed by atoms with Crippen LogP contribution < -0.4 is 14.4 Å². The number of ether oxygens (including phenoxy) is 1. The summed E-state index contributed by atoms with van der Waals surface area (Å²) in [7, 11) is -4.24. The maximum atomic E-state index is 14.0. The van der Waals surface area contributed by atoms with Gasteiger partial charge in [0.2, 0.25) is 11.8 Å². The Bertz CT molecular complexity index is 1400. The molecule has 1 N–H and O–H groups in total. The van der Waals surface area contributed by atoms with E-state index in [-0.39, 0.29) is 23.0 Å². The first kappa shape index (κ1) is 31.4. The summed E-state index contributed by atoms with van der Waals surface area (Å²) >= 11 is 9.42. The minimum Gasteiger partial charge on any atom is -0.492 e. The van der Waals surface area contributed by atoms with E-state index in [1.165, 1.54) is 29.2 Å². The second-order valence-electron chi connectivity index (χ2n) is 8.98. The number of sulfonamides is 1. The molecule has 0 saturated heterocycles. The number of amides is 2. The van der Waals surface area contributed by atoms with Gasteiger partial charge in [-0.05, 0) is 74.4 Å². The third kappa shape index (κ3) is 7.99. The van der Waals surface area contributed by atoms with E-state index in [4.69, 9.17) is 16.3 Å². The highest BCUT2D eigenvalue weighted by molar-refractivity contribution is 9.10. The zero-order valence-corrected chi connectivity index (χ0v) is 25.8. The number of hydrogen-bond acceptors (Lipinski definition) is 5. The Kier molecular flexibility index (Phi) is 11.4. The zero-order valence-electron chi connectivity index (χ0n) is 22.6. The van der Waals surface area contributed by atoms with Crippen molar-refractivity contribution in [1.82, 2.24) is 10.2 Å². The lowest BCUT2D eigenvalue weighted by Crippen LogP contribution is -2.51. The van der Waals surface area contributed by atoms with Crippen molar-refractivity contribution in [3.8, 4) is 5.75 Å². The monoisotopic (exact) mass is 649 g/mol. The molecule has 8 nitrogen and oxygen atoms in total. The number of nitrogens with zero attached hydrogens (tertiary/aromatic N) is 2. The molecule has 0 bridgehead atoms. The van der Waals surface area contributed by atoms with Crippen LogP contribution in [0.1, 0.15) is 32.8 Å². The lowest BCUT2D eigenvalue weighted by atomic mass is 10.1. The van der Waals surface area contributed by atoms with Crippen molar-refractivity contribution in [3.05, 3.63) is 87.9 Å². The van der Waals surface area contributed by atoms with E-state index >= 15 is 0 Å². The number of benzene rings is 3. The molecule has 0 heterocycles. The summed E-state index contributed by atoms with van der Waals surface area (Å²) in [6.07, 6.45) is 0.737. The largest absolute Gasteiger partial charge is 0.492 e. The molecule has 1 atom stereocenters. The van der Waals surface area contributed by atoms with Crippen LogP contribution in [0.15, 0.2) is 82.2 Å². The number of carbonyl (C=O) groups is 2. The summed E-state index contributed by atoms with van der Waals surface area (Å²) in [5.74, 6) is -0.566. The Labute approximate surface area is 249 Å². The summed E-state index contributed by atoms with van der Waals surface area (Å²) in [4.78, 5) is 28.3. The molecule has 0 spiro atoms. The lowest BCUT2D eigenvalue weighted by Gasteiger charge is -2.32. The Balaban J connectivity index is 2.06. The number of hydrogen-bond donors (Lipinski definition) is 1. The Hall–Kier alpha value is -3.08.